The number of esters is 1. The van der Waals surface area contributed by atoms with Gasteiger partial charge in [0.2, 0.25) is 5.91 Å². The number of benzene rings is 1. The molecule has 0 unspecified atom stereocenters. The third-order valence-electron chi connectivity index (χ3n) is 4.31. The molecule has 0 bridgehead atoms. The van der Waals surface area contributed by atoms with Crippen molar-refractivity contribution < 1.29 is 32.3 Å². The van der Waals surface area contributed by atoms with Crippen LogP contribution in [0.15, 0.2) is 42.6 Å². The lowest BCUT2D eigenvalue weighted by molar-refractivity contribution is -0.137. The molecule has 0 saturated carbocycles. The predicted octanol–water partition coefficient (Wildman–Crippen LogP) is 2.98. The normalized spacial score (nSPS) is 13.7. The molecule has 0 aliphatic carbocycles. The summed E-state index contributed by atoms with van der Waals surface area (Å²) in [7, 11) is 0. The number of ether oxygens (including phenoxy) is 1. The molecule has 13 heteroatoms. The lowest BCUT2D eigenvalue weighted by Gasteiger charge is -2.15. The molecule has 0 atom stereocenters. The molecule has 8 nitrogen and oxygen atoms in total. The predicted molar refractivity (Wildman–Crippen MR) is 119 cm³/mol. The average Bonchev–Trinajstić information content (AvgIpc) is 3.09. The van der Waals surface area contributed by atoms with Gasteiger partial charge in [0, 0.05) is 25.0 Å². The van der Waals surface area contributed by atoms with Crippen LogP contribution in [0.5, 0.6) is 0 Å². The second-order valence-corrected chi connectivity index (χ2v) is 8.24. The molecule has 1 aliphatic heterocycles. The summed E-state index contributed by atoms with van der Waals surface area (Å²) in [5.74, 6) is -1.37. The molecule has 2 N–H and O–H groups in total. The van der Waals surface area contributed by atoms with Gasteiger partial charge in [-0.3, -0.25) is 14.5 Å². The number of carbonyl (C=O) groups excluding carboxylic acids is 3. The monoisotopic (exact) mass is 498 g/mol. The zero-order valence-corrected chi connectivity index (χ0v) is 18.5. The SMILES string of the molecule is O=C(COC(=O)c1cccnc1Nc1cccc(C(F)(F)F)c1)NCCN1C(=O)CSC1=S. The Hall–Kier alpha value is -3.19. The topological polar surface area (TPSA) is 101 Å². The summed E-state index contributed by atoms with van der Waals surface area (Å²) in [4.78, 5) is 41.4. The molecule has 3 rings (SSSR count). The third kappa shape index (κ3) is 6.65. The standard InChI is InChI=1S/C20H17F3N4O4S2/c21-20(22,23)12-3-1-4-13(9-12)26-17-14(5-2-6-25-17)18(30)31-10-15(28)24-7-8-27-16(29)11-33-19(27)32/h1-6,9H,7-8,10-11H2,(H,24,28)(H,25,26). The van der Waals surface area contributed by atoms with Gasteiger partial charge in [0.25, 0.3) is 5.91 Å². The maximum Gasteiger partial charge on any atom is 0.416 e. The van der Waals surface area contributed by atoms with Gasteiger partial charge in [0.05, 0.1) is 11.3 Å². The molecular formula is C20H17F3N4O4S2. The van der Waals surface area contributed by atoms with Crippen molar-refractivity contribution in [2.45, 2.75) is 6.18 Å². The minimum absolute atomic E-state index is 0.0270. The Kier molecular flexibility index (Phi) is 7.87. The van der Waals surface area contributed by atoms with Crippen LogP contribution in [0.4, 0.5) is 24.7 Å². The van der Waals surface area contributed by atoms with Crippen molar-refractivity contribution in [3.05, 3.63) is 53.7 Å². The highest BCUT2D eigenvalue weighted by atomic mass is 32.2. The van der Waals surface area contributed by atoms with Crippen molar-refractivity contribution in [1.82, 2.24) is 15.2 Å². The lowest BCUT2D eigenvalue weighted by Crippen LogP contribution is -2.38. The van der Waals surface area contributed by atoms with E-state index in [4.69, 9.17) is 17.0 Å². The van der Waals surface area contributed by atoms with Crippen molar-refractivity contribution in [3.8, 4) is 0 Å². The smallest absolute Gasteiger partial charge is 0.416 e. The molecule has 2 heterocycles. The fourth-order valence-corrected chi connectivity index (χ4v) is 3.87. The maximum atomic E-state index is 12.9. The third-order valence-corrected chi connectivity index (χ3v) is 5.75. The second kappa shape index (κ2) is 10.6. The van der Waals surface area contributed by atoms with Crippen LogP contribution < -0.4 is 10.6 Å². The van der Waals surface area contributed by atoms with E-state index in [1.165, 1.54) is 47.1 Å². The zero-order valence-electron chi connectivity index (χ0n) is 16.8. The molecule has 0 radical (unpaired) electrons. The van der Waals surface area contributed by atoms with Gasteiger partial charge in [0.1, 0.15) is 15.7 Å². The molecule has 2 aromatic rings. The van der Waals surface area contributed by atoms with E-state index < -0.39 is 30.2 Å². The van der Waals surface area contributed by atoms with Gasteiger partial charge in [0.15, 0.2) is 6.61 Å². The molecule has 1 aromatic carbocycles. The van der Waals surface area contributed by atoms with Crippen LogP contribution in [0.2, 0.25) is 0 Å². The maximum absolute atomic E-state index is 12.9. The number of thiocarbonyl (C=S) groups is 1. The first-order valence-electron chi connectivity index (χ1n) is 9.45. The van der Waals surface area contributed by atoms with E-state index >= 15 is 0 Å². The Morgan fingerprint density at radius 1 is 1.24 bits per heavy atom. The van der Waals surface area contributed by atoms with Crippen LogP contribution in [0.1, 0.15) is 15.9 Å². The Bertz CT molecular complexity index is 1070. The molecule has 1 aliphatic rings. The number of pyridine rings is 1. The van der Waals surface area contributed by atoms with Crippen molar-refractivity contribution in [2.24, 2.45) is 0 Å². The van der Waals surface area contributed by atoms with Crippen LogP contribution in [-0.2, 0) is 20.5 Å². The number of alkyl halides is 3. The molecule has 2 amide bonds. The Balaban J connectivity index is 1.55. The van der Waals surface area contributed by atoms with Gasteiger partial charge in [-0.05, 0) is 30.3 Å². The van der Waals surface area contributed by atoms with Crippen molar-refractivity contribution in [1.29, 1.82) is 0 Å². The van der Waals surface area contributed by atoms with Crippen LogP contribution in [-0.4, -0.2) is 57.4 Å². The Labute approximate surface area is 195 Å². The molecule has 1 saturated heterocycles. The molecule has 33 heavy (non-hydrogen) atoms. The number of anilines is 2. The summed E-state index contributed by atoms with van der Waals surface area (Å²) >= 11 is 6.28. The minimum Gasteiger partial charge on any atom is -0.452 e. The van der Waals surface area contributed by atoms with Crippen molar-refractivity contribution in [2.75, 3.05) is 30.8 Å². The highest BCUT2D eigenvalue weighted by Gasteiger charge is 2.30. The number of nitrogens with one attached hydrogen (secondary N) is 2. The summed E-state index contributed by atoms with van der Waals surface area (Å²) < 4.78 is 44.2. The Morgan fingerprint density at radius 2 is 2.03 bits per heavy atom. The van der Waals surface area contributed by atoms with E-state index in [9.17, 15) is 27.6 Å². The second-order valence-electron chi connectivity index (χ2n) is 6.63. The summed E-state index contributed by atoms with van der Waals surface area (Å²) in [5.41, 5.74) is -0.852. The van der Waals surface area contributed by atoms with Gasteiger partial charge < -0.3 is 15.4 Å². The number of carbonyl (C=O) groups is 3. The first-order chi connectivity index (χ1) is 15.6. The van der Waals surface area contributed by atoms with Crippen LogP contribution >= 0.6 is 24.0 Å². The highest BCUT2D eigenvalue weighted by molar-refractivity contribution is 8.23. The molecule has 1 fully saturated rings. The fraction of sp³-hybridized carbons (Fsp3) is 0.250. The van der Waals surface area contributed by atoms with E-state index in [0.29, 0.717) is 4.32 Å². The minimum atomic E-state index is -4.53. The molecular weight excluding hydrogens is 481 g/mol. The van der Waals surface area contributed by atoms with E-state index in [-0.39, 0.29) is 41.8 Å². The van der Waals surface area contributed by atoms with Crippen molar-refractivity contribution in [3.63, 3.8) is 0 Å². The van der Waals surface area contributed by atoms with Crippen molar-refractivity contribution >= 4 is 57.6 Å². The number of hydrogen-bond donors (Lipinski definition) is 2. The summed E-state index contributed by atoms with van der Waals surface area (Å²) in [6, 6.07) is 7.22. The van der Waals surface area contributed by atoms with Crippen LogP contribution in [0.25, 0.3) is 0 Å². The highest BCUT2D eigenvalue weighted by Crippen LogP contribution is 2.31. The lowest BCUT2D eigenvalue weighted by atomic mass is 10.2. The van der Waals surface area contributed by atoms with Gasteiger partial charge >= 0.3 is 12.1 Å². The molecule has 174 valence electrons. The van der Waals surface area contributed by atoms with E-state index in [1.807, 2.05) is 0 Å². The Morgan fingerprint density at radius 3 is 2.73 bits per heavy atom. The largest absolute Gasteiger partial charge is 0.452 e. The number of nitrogens with zero attached hydrogens (tertiary/aromatic N) is 2. The van der Waals surface area contributed by atoms with Crippen LogP contribution in [0.3, 0.4) is 0 Å². The van der Waals surface area contributed by atoms with Crippen LogP contribution in [0, 0.1) is 0 Å². The summed E-state index contributed by atoms with van der Waals surface area (Å²) in [6.45, 7) is -0.264. The van der Waals surface area contributed by atoms with Gasteiger partial charge in [-0.2, -0.15) is 13.2 Å². The first-order valence-corrected chi connectivity index (χ1v) is 10.8. The first kappa shape index (κ1) is 24.5. The number of aromatic nitrogens is 1. The average molecular weight is 499 g/mol. The van der Waals surface area contributed by atoms with Gasteiger partial charge in [-0.1, -0.05) is 30.0 Å². The van der Waals surface area contributed by atoms with E-state index in [0.717, 1.165) is 12.1 Å². The number of rotatable bonds is 8. The number of thioether (sulfide) groups is 1. The quantitative estimate of drug-likeness (QED) is 0.423. The fourth-order valence-electron chi connectivity index (χ4n) is 2.74. The van der Waals surface area contributed by atoms with E-state index in [1.54, 1.807) is 0 Å². The summed E-state index contributed by atoms with van der Waals surface area (Å²) in [6.07, 6.45) is -3.18. The number of hydrogen-bond acceptors (Lipinski definition) is 8. The number of halogens is 3. The van der Waals surface area contributed by atoms with Gasteiger partial charge in [-0.15, -0.1) is 0 Å². The molecule has 0 spiro atoms. The van der Waals surface area contributed by atoms with E-state index in [2.05, 4.69) is 15.6 Å². The summed E-state index contributed by atoms with van der Waals surface area (Å²) in [5, 5.41) is 5.18. The zero-order chi connectivity index (χ0) is 24.0. The molecule has 1 aromatic heterocycles. The number of amides is 2. The van der Waals surface area contributed by atoms with Gasteiger partial charge in [-0.25, -0.2) is 9.78 Å².